The summed E-state index contributed by atoms with van der Waals surface area (Å²) < 4.78 is 18.3. The first-order chi connectivity index (χ1) is 13.6. The van der Waals surface area contributed by atoms with Crippen LogP contribution in [0.5, 0.6) is 17.2 Å². The van der Waals surface area contributed by atoms with Gasteiger partial charge in [0.25, 0.3) is 0 Å². The standard InChI is InChI=1S/C20H31N5O3/c1-15-22-9-11-25(15)10-7-6-8-23-20(21-2)24-14-16-12-17(26-3)19(28-5)18(13-16)27-4/h9,11-13H,6-8,10,14H2,1-5H3,(H2,21,23,24). The number of hydrogen-bond acceptors (Lipinski definition) is 5. The Bertz CT molecular complexity index is 748. The number of aryl methyl sites for hydroxylation is 2. The van der Waals surface area contributed by atoms with Crippen LogP contribution in [0.4, 0.5) is 0 Å². The highest BCUT2D eigenvalue weighted by molar-refractivity contribution is 5.79. The Hall–Kier alpha value is -2.90. The molecule has 1 aromatic heterocycles. The van der Waals surface area contributed by atoms with Gasteiger partial charge in [0, 0.05) is 39.1 Å². The summed E-state index contributed by atoms with van der Waals surface area (Å²) in [5.74, 6) is 3.67. The number of ether oxygens (including phenoxy) is 3. The van der Waals surface area contributed by atoms with Crippen LogP contribution in [0, 0.1) is 6.92 Å². The van der Waals surface area contributed by atoms with Crippen LogP contribution >= 0.6 is 0 Å². The van der Waals surface area contributed by atoms with Crippen LogP contribution < -0.4 is 24.8 Å². The average Bonchev–Trinajstić information content (AvgIpc) is 3.13. The first kappa shape index (κ1) is 21.4. The van der Waals surface area contributed by atoms with Crippen molar-refractivity contribution in [1.82, 2.24) is 20.2 Å². The van der Waals surface area contributed by atoms with Gasteiger partial charge in [-0.25, -0.2) is 4.98 Å². The number of nitrogens with one attached hydrogen (secondary N) is 2. The highest BCUT2D eigenvalue weighted by atomic mass is 16.5. The predicted molar refractivity (Wildman–Crippen MR) is 110 cm³/mol. The molecule has 0 aliphatic carbocycles. The Balaban J connectivity index is 1.81. The van der Waals surface area contributed by atoms with Crippen LogP contribution in [0.2, 0.25) is 0 Å². The number of nitrogens with zero attached hydrogens (tertiary/aromatic N) is 3. The number of aliphatic imine (C=N–C) groups is 1. The van der Waals surface area contributed by atoms with Crippen molar-refractivity contribution in [2.75, 3.05) is 34.9 Å². The molecule has 0 atom stereocenters. The summed E-state index contributed by atoms with van der Waals surface area (Å²) in [7, 11) is 6.58. The molecule has 8 heteroatoms. The molecule has 28 heavy (non-hydrogen) atoms. The second-order valence-corrected chi connectivity index (χ2v) is 6.26. The van der Waals surface area contributed by atoms with Gasteiger partial charge in [0.2, 0.25) is 5.75 Å². The Morgan fingerprint density at radius 2 is 1.79 bits per heavy atom. The summed E-state index contributed by atoms with van der Waals surface area (Å²) >= 11 is 0. The van der Waals surface area contributed by atoms with Crippen LogP contribution in [-0.4, -0.2) is 50.4 Å². The third-order valence-corrected chi connectivity index (χ3v) is 4.45. The fraction of sp³-hybridized carbons (Fsp3) is 0.500. The molecule has 0 saturated carbocycles. The number of aromatic nitrogens is 2. The molecule has 2 N–H and O–H groups in total. The third kappa shape index (κ3) is 5.80. The normalized spacial score (nSPS) is 11.2. The van der Waals surface area contributed by atoms with Gasteiger partial charge >= 0.3 is 0 Å². The van der Waals surface area contributed by atoms with Gasteiger partial charge in [0.15, 0.2) is 17.5 Å². The van der Waals surface area contributed by atoms with Crippen LogP contribution in [0.15, 0.2) is 29.5 Å². The first-order valence-corrected chi connectivity index (χ1v) is 9.34. The molecule has 0 spiro atoms. The highest BCUT2D eigenvalue weighted by Gasteiger charge is 2.13. The first-order valence-electron chi connectivity index (χ1n) is 9.34. The fourth-order valence-electron chi connectivity index (χ4n) is 2.90. The maximum absolute atomic E-state index is 5.40. The summed E-state index contributed by atoms with van der Waals surface area (Å²) in [6.07, 6.45) is 5.97. The lowest BCUT2D eigenvalue weighted by atomic mass is 10.2. The van der Waals surface area contributed by atoms with Crippen molar-refractivity contribution < 1.29 is 14.2 Å². The van der Waals surface area contributed by atoms with E-state index in [2.05, 4.69) is 25.2 Å². The van der Waals surface area contributed by atoms with Gasteiger partial charge in [-0.15, -0.1) is 0 Å². The SMILES string of the molecule is CN=C(NCCCCn1ccnc1C)NCc1cc(OC)c(OC)c(OC)c1. The average molecular weight is 390 g/mol. The number of hydrogen-bond donors (Lipinski definition) is 2. The van der Waals surface area contributed by atoms with E-state index in [1.807, 2.05) is 31.5 Å². The van der Waals surface area contributed by atoms with Crippen molar-refractivity contribution in [3.05, 3.63) is 35.9 Å². The maximum Gasteiger partial charge on any atom is 0.203 e. The van der Waals surface area contributed by atoms with E-state index < -0.39 is 0 Å². The van der Waals surface area contributed by atoms with E-state index in [4.69, 9.17) is 14.2 Å². The van der Waals surface area contributed by atoms with Gasteiger partial charge in [-0.05, 0) is 37.5 Å². The Labute approximate surface area is 166 Å². The molecular weight excluding hydrogens is 358 g/mol. The molecule has 2 rings (SSSR count). The van der Waals surface area contributed by atoms with Crippen molar-refractivity contribution in [2.24, 2.45) is 4.99 Å². The molecular formula is C20H31N5O3. The molecule has 0 aliphatic rings. The number of guanidine groups is 1. The van der Waals surface area contributed by atoms with Crippen molar-refractivity contribution in [1.29, 1.82) is 0 Å². The lowest BCUT2D eigenvalue weighted by molar-refractivity contribution is 0.323. The molecule has 0 aliphatic heterocycles. The van der Waals surface area contributed by atoms with Crippen molar-refractivity contribution in [2.45, 2.75) is 32.9 Å². The van der Waals surface area contributed by atoms with E-state index in [0.717, 1.165) is 43.3 Å². The molecule has 0 radical (unpaired) electrons. The number of methoxy groups -OCH3 is 3. The summed E-state index contributed by atoms with van der Waals surface area (Å²) in [5, 5.41) is 6.65. The number of imidazole rings is 1. The molecule has 8 nitrogen and oxygen atoms in total. The summed E-state index contributed by atoms with van der Waals surface area (Å²) in [6.45, 7) is 4.44. The van der Waals surface area contributed by atoms with Crippen molar-refractivity contribution in [3.8, 4) is 17.2 Å². The van der Waals surface area contributed by atoms with Gasteiger partial charge in [0.1, 0.15) is 5.82 Å². The minimum atomic E-state index is 0.587. The fourth-order valence-corrected chi connectivity index (χ4v) is 2.90. The molecule has 1 heterocycles. The summed E-state index contributed by atoms with van der Waals surface area (Å²) in [5.41, 5.74) is 1.01. The van der Waals surface area contributed by atoms with Gasteiger partial charge in [-0.2, -0.15) is 0 Å². The number of rotatable bonds is 10. The largest absolute Gasteiger partial charge is 0.493 e. The van der Waals surface area contributed by atoms with E-state index in [-0.39, 0.29) is 0 Å². The molecule has 0 fully saturated rings. The summed E-state index contributed by atoms with van der Waals surface area (Å²) in [6, 6.07) is 3.85. The van der Waals surface area contributed by atoms with Crippen molar-refractivity contribution >= 4 is 5.96 Å². The van der Waals surface area contributed by atoms with Gasteiger partial charge < -0.3 is 29.4 Å². The van der Waals surface area contributed by atoms with E-state index in [1.165, 1.54) is 0 Å². The molecule has 0 saturated heterocycles. The Kier molecular flexibility index (Phi) is 8.45. The Morgan fingerprint density at radius 1 is 1.07 bits per heavy atom. The second-order valence-electron chi connectivity index (χ2n) is 6.26. The molecule has 0 unspecified atom stereocenters. The van der Waals surface area contributed by atoms with Gasteiger partial charge in [0.05, 0.1) is 21.3 Å². The minimum absolute atomic E-state index is 0.587. The molecule has 2 aromatic rings. The zero-order valence-electron chi connectivity index (χ0n) is 17.4. The van der Waals surface area contributed by atoms with E-state index in [1.54, 1.807) is 28.4 Å². The van der Waals surface area contributed by atoms with Gasteiger partial charge in [-0.3, -0.25) is 4.99 Å². The Morgan fingerprint density at radius 3 is 2.32 bits per heavy atom. The molecule has 0 bridgehead atoms. The quantitative estimate of drug-likeness (QED) is 0.369. The lowest BCUT2D eigenvalue weighted by Gasteiger charge is -2.16. The van der Waals surface area contributed by atoms with Crippen LogP contribution in [0.1, 0.15) is 24.2 Å². The van der Waals surface area contributed by atoms with E-state index in [9.17, 15) is 0 Å². The van der Waals surface area contributed by atoms with Crippen LogP contribution in [0.25, 0.3) is 0 Å². The van der Waals surface area contributed by atoms with Crippen LogP contribution in [-0.2, 0) is 13.1 Å². The monoisotopic (exact) mass is 389 g/mol. The molecule has 0 amide bonds. The van der Waals surface area contributed by atoms with Gasteiger partial charge in [-0.1, -0.05) is 0 Å². The minimum Gasteiger partial charge on any atom is -0.493 e. The maximum atomic E-state index is 5.40. The molecule has 1 aromatic carbocycles. The smallest absolute Gasteiger partial charge is 0.203 e. The molecule has 154 valence electrons. The van der Waals surface area contributed by atoms with E-state index >= 15 is 0 Å². The lowest BCUT2D eigenvalue weighted by Crippen LogP contribution is -2.37. The zero-order valence-corrected chi connectivity index (χ0v) is 17.4. The number of unbranched alkanes of at least 4 members (excludes halogenated alkanes) is 1. The predicted octanol–water partition coefficient (Wildman–Crippen LogP) is 2.36. The second kappa shape index (κ2) is 11.1. The topological polar surface area (TPSA) is 81.9 Å². The van der Waals surface area contributed by atoms with Crippen molar-refractivity contribution in [3.63, 3.8) is 0 Å². The summed E-state index contributed by atoms with van der Waals surface area (Å²) in [4.78, 5) is 8.51. The zero-order chi connectivity index (χ0) is 20.4. The highest BCUT2D eigenvalue weighted by Crippen LogP contribution is 2.38. The van der Waals surface area contributed by atoms with E-state index in [0.29, 0.717) is 23.8 Å². The third-order valence-electron chi connectivity index (χ3n) is 4.45. The van der Waals surface area contributed by atoms with Crippen LogP contribution in [0.3, 0.4) is 0 Å². The number of benzene rings is 1.